The van der Waals surface area contributed by atoms with Crippen molar-refractivity contribution >= 4 is 27.5 Å². The maximum atomic E-state index is 14.5. The lowest BCUT2D eigenvalue weighted by molar-refractivity contribution is -0.139. The highest BCUT2D eigenvalue weighted by molar-refractivity contribution is 7.92. The Kier molecular flexibility index (Phi) is 9.84. The molecule has 0 aliphatic rings. The van der Waals surface area contributed by atoms with Gasteiger partial charge in [-0.25, -0.2) is 12.8 Å². The lowest BCUT2D eigenvalue weighted by Crippen LogP contribution is -2.51. The van der Waals surface area contributed by atoms with Gasteiger partial charge in [0.2, 0.25) is 11.8 Å². The number of anilines is 1. The standard InChI is InChI=1S/C28H32FN3O5S/c1-4-30-28(34)21(3)31(19-22-11-9-10-14-26(22)29)27(33)20-32(23-15-17-24(18-16-23)37-5-2)38(35,36)25-12-7-6-8-13-25/h6-18,21H,4-5,19-20H2,1-3H3,(H,30,34). The molecule has 0 saturated heterocycles. The fraction of sp³-hybridized carbons (Fsp3) is 0.286. The van der Waals surface area contributed by atoms with E-state index in [4.69, 9.17) is 4.74 Å². The number of nitrogens with zero attached hydrogens (tertiary/aromatic N) is 2. The van der Waals surface area contributed by atoms with Crippen LogP contribution in [0.15, 0.2) is 83.8 Å². The summed E-state index contributed by atoms with van der Waals surface area (Å²) in [5, 5.41) is 2.67. The molecule has 0 fully saturated rings. The topological polar surface area (TPSA) is 96.0 Å². The molecule has 1 unspecified atom stereocenters. The molecule has 10 heteroatoms. The molecule has 0 aliphatic heterocycles. The Hall–Kier alpha value is -3.92. The van der Waals surface area contributed by atoms with Crippen molar-refractivity contribution in [2.75, 3.05) is 24.0 Å². The number of amides is 2. The fourth-order valence-electron chi connectivity index (χ4n) is 3.84. The quantitative estimate of drug-likeness (QED) is 0.374. The van der Waals surface area contributed by atoms with Gasteiger partial charge in [-0.2, -0.15) is 0 Å². The van der Waals surface area contributed by atoms with E-state index in [0.29, 0.717) is 18.9 Å². The first kappa shape index (κ1) is 28.6. The lowest BCUT2D eigenvalue weighted by atomic mass is 10.1. The van der Waals surface area contributed by atoms with Crippen LogP contribution in [0.4, 0.5) is 10.1 Å². The van der Waals surface area contributed by atoms with E-state index in [1.807, 2.05) is 6.92 Å². The highest BCUT2D eigenvalue weighted by atomic mass is 32.2. The van der Waals surface area contributed by atoms with Crippen LogP contribution in [0.25, 0.3) is 0 Å². The second-order valence-corrected chi connectivity index (χ2v) is 10.3. The minimum absolute atomic E-state index is 0.000821. The molecule has 0 saturated carbocycles. The van der Waals surface area contributed by atoms with E-state index in [1.54, 1.807) is 55.5 Å². The second-order valence-electron chi connectivity index (χ2n) is 8.44. The maximum absolute atomic E-state index is 14.5. The lowest BCUT2D eigenvalue weighted by Gasteiger charge is -2.32. The third-order valence-electron chi connectivity index (χ3n) is 5.86. The van der Waals surface area contributed by atoms with Crippen molar-refractivity contribution in [1.82, 2.24) is 10.2 Å². The largest absolute Gasteiger partial charge is 0.494 e. The predicted molar refractivity (Wildman–Crippen MR) is 144 cm³/mol. The molecular weight excluding hydrogens is 509 g/mol. The van der Waals surface area contributed by atoms with Crippen LogP contribution in [0.3, 0.4) is 0 Å². The van der Waals surface area contributed by atoms with Crippen molar-refractivity contribution in [2.24, 2.45) is 0 Å². The zero-order chi connectivity index (χ0) is 27.7. The Morgan fingerprint density at radius 1 is 0.947 bits per heavy atom. The summed E-state index contributed by atoms with van der Waals surface area (Å²) in [6, 6.07) is 19.0. The van der Waals surface area contributed by atoms with Crippen LogP contribution in [-0.4, -0.2) is 50.9 Å². The molecule has 0 aromatic heterocycles. The Balaban J connectivity index is 2.02. The number of nitrogens with one attached hydrogen (secondary N) is 1. The van der Waals surface area contributed by atoms with Gasteiger partial charge in [0, 0.05) is 18.7 Å². The molecule has 0 aliphatic carbocycles. The predicted octanol–water partition coefficient (Wildman–Crippen LogP) is 3.97. The number of benzene rings is 3. The van der Waals surface area contributed by atoms with Gasteiger partial charge in [-0.05, 0) is 63.2 Å². The molecule has 2 amide bonds. The van der Waals surface area contributed by atoms with Gasteiger partial charge >= 0.3 is 0 Å². The molecule has 1 atom stereocenters. The maximum Gasteiger partial charge on any atom is 0.264 e. The van der Waals surface area contributed by atoms with E-state index in [9.17, 15) is 22.4 Å². The summed E-state index contributed by atoms with van der Waals surface area (Å²) in [5.41, 5.74) is 0.442. The van der Waals surface area contributed by atoms with E-state index in [2.05, 4.69) is 5.32 Å². The van der Waals surface area contributed by atoms with Gasteiger partial charge in [-0.15, -0.1) is 0 Å². The van der Waals surface area contributed by atoms with Crippen LogP contribution >= 0.6 is 0 Å². The van der Waals surface area contributed by atoms with Crippen LogP contribution in [0, 0.1) is 5.82 Å². The van der Waals surface area contributed by atoms with E-state index in [1.165, 1.54) is 42.2 Å². The Labute approximate surface area is 223 Å². The first-order valence-corrected chi connectivity index (χ1v) is 13.7. The van der Waals surface area contributed by atoms with Gasteiger partial charge in [0.1, 0.15) is 24.2 Å². The molecule has 202 valence electrons. The molecule has 8 nitrogen and oxygen atoms in total. The highest BCUT2D eigenvalue weighted by Gasteiger charge is 2.32. The number of halogens is 1. The molecule has 3 rings (SSSR count). The van der Waals surface area contributed by atoms with Crippen molar-refractivity contribution in [3.05, 3.63) is 90.2 Å². The van der Waals surface area contributed by atoms with Gasteiger partial charge in [-0.1, -0.05) is 36.4 Å². The Morgan fingerprint density at radius 3 is 2.18 bits per heavy atom. The minimum atomic E-state index is -4.17. The van der Waals surface area contributed by atoms with Gasteiger partial charge in [0.15, 0.2) is 0 Å². The SMILES string of the molecule is CCNC(=O)C(C)N(Cc1ccccc1F)C(=O)CN(c1ccc(OCC)cc1)S(=O)(=O)c1ccccc1. The first-order valence-electron chi connectivity index (χ1n) is 12.3. The number of rotatable bonds is 12. The number of ether oxygens (including phenoxy) is 1. The summed E-state index contributed by atoms with van der Waals surface area (Å²) in [7, 11) is -4.17. The molecule has 0 radical (unpaired) electrons. The number of carbonyl (C=O) groups excluding carboxylic acids is 2. The third kappa shape index (κ3) is 6.89. The highest BCUT2D eigenvalue weighted by Crippen LogP contribution is 2.26. The Bertz CT molecular complexity index is 1330. The van der Waals surface area contributed by atoms with Crippen molar-refractivity contribution in [3.8, 4) is 5.75 Å². The summed E-state index contributed by atoms with van der Waals surface area (Å²) in [5.74, 6) is -1.09. The molecule has 38 heavy (non-hydrogen) atoms. The van der Waals surface area contributed by atoms with Crippen LogP contribution in [-0.2, 0) is 26.2 Å². The monoisotopic (exact) mass is 541 g/mol. The average molecular weight is 542 g/mol. The molecule has 0 spiro atoms. The van der Waals surface area contributed by atoms with Crippen LogP contribution in [0.2, 0.25) is 0 Å². The summed E-state index contributed by atoms with van der Waals surface area (Å²) >= 11 is 0. The average Bonchev–Trinajstić information content (AvgIpc) is 2.92. The summed E-state index contributed by atoms with van der Waals surface area (Å²) in [6.07, 6.45) is 0. The van der Waals surface area contributed by atoms with Crippen molar-refractivity contribution in [1.29, 1.82) is 0 Å². The molecule has 1 N–H and O–H groups in total. The summed E-state index contributed by atoms with van der Waals surface area (Å²) in [6.45, 7) is 5.05. The number of likely N-dealkylation sites (N-methyl/N-ethyl adjacent to an activating group) is 1. The van der Waals surface area contributed by atoms with E-state index >= 15 is 0 Å². The van der Waals surface area contributed by atoms with E-state index < -0.39 is 40.2 Å². The van der Waals surface area contributed by atoms with Crippen LogP contribution < -0.4 is 14.4 Å². The van der Waals surface area contributed by atoms with Gasteiger partial charge in [0.25, 0.3) is 10.0 Å². The number of hydrogen-bond acceptors (Lipinski definition) is 5. The van der Waals surface area contributed by atoms with Gasteiger partial charge in [0.05, 0.1) is 17.2 Å². The van der Waals surface area contributed by atoms with Crippen molar-refractivity contribution in [3.63, 3.8) is 0 Å². The van der Waals surface area contributed by atoms with E-state index in [0.717, 1.165) is 4.31 Å². The zero-order valence-electron chi connectivity index (χ0n) is 21.6. The number of hydrogen-bond donors (Lipinski definition) is 1. The van der Waals surface area contributed by atoms with Gasteiger partial charge < -0.3 is 15.0 Å². The second kappa shape index (κ2) is 13.0. The molecule has 3 aromatic rings. The normalized spacial score (nSPS) is 11.9. The number of carbonyl (C=O) groups is 2. The van der Waals surface area contributed by atoms with E-state index in [-0.39, 0.29) is 22.7 Å². The summed E-state index contributed by atoms with van der Waals surface area (Å²) in [4.78, 5) is 27.6. The minimum Gasteiger partial charge on any atom is -0.494 e. The summed E-state index contributed by atoms with van der Waals surface area (Å²) < 4.78 is 48.4. The molecule has 0 bridgehead atoms. The fourth-order valence-corrected chi connectivity index (χ4v) is 5.27. The zero-order valence-corrected chi connectivity index (χ0v) is 22.4. The third-order valence-corrected chi connectivity index (χ3v) is 7.65. The Morgan fingerprint density at radius 2 is 1.58 bits per heavy atom. The first-order chi connectivity index (χ1) is 18.2. The van der Waals surface area contributed by atoms with Crippen molar-refractivity contribution in [2.45, 2.75) is 38.3 Å². The van der Waals surface area contributed by atoms with Gasteiger partial charge in [-0.3, -0.25) is 13.9 Å². The molecular formula is C28H32FN3O5S. The van der Waals surface area contributed by atoms with Crippen molar-refractivity contribution < 1.29 is 27.1 Å². The molecule has 3 aromatic carbocycles. The number of sulfonamides is 1. The molecule has 0 heterocycles. The smallest absolute Gasteiger partial charge is 0.264 e. The van der Waals surface area contributed by atoms with Crippen LogP contribution in [0.1, 0.15) is 26.3 Å². The van der Waals surface area contributed by atoms with Crippen LogP contribution in [0.5, 0.6) is 5.75 Å².